The van der Waals surface area contributed by atoms with Crippen molar-refractivity contribution in [2.45, 2.75) is 13.3 Å². The Kier molecular flexibility index (Phi) is 4.47. The number of hydrazine groups is 1. The second kappa shape index (κ2) is 6.31. The second-order valence-corrected chi connectivity index (χ2v) is 4.51. The summed E-state index contributed by atoms with van der Waals surface area (Å²) in [5.74, 6) is -1.41. The fourth-order valence-corrected chi connectivity index (χ4v) is 1.74. The van der Waals surface area contributed by atoms with Gasteiger partial charge in [0.1, 0.15) is 0 Å². The number of halogens is 1. The van der Waals surface area contributed by atoms with E-state index in [1.807, 2.05) is 0 Å². The monoisotopic (exact) mass is 323 g/mol. The van der Waals surface area contributed by atoms with Crippen molar-refractivity contribution in [2.75, 3.05) is 5.43 Å². The van der Waals surface area contributed by atoms with Gasteiger partial charge in [-0.05, 0) is 6.07 Å². The molecule has 9 nitrogen and oxygen atoms in total. The zero-order valence-electron chi connectivity index (χ0n) is 11.3. The summed E-state index contributed by atoms with van der Waals surface area (Å²) in [5, 5.41) is 10.6. The standard InChI is InChI=1S/C12H10ClN5O4/c1-2-9(19)12(20)17-16-11-10(13)14-8-5-6(18(21)22)3-4-7(8)15-11/h3-5H,2H2,1H3,(H,15,16)(H,17,20). The topological polar surface area (TPSA) is 127 Å². The molecule has 1 aromatic carbocycles. The molecule has 1 amide bonds. The predicted molar refractivity (Wildman–Crippen MR) is 78.3 cm³/mol. The average molecular weight is 324 g/mol. The van der Waals surface area contributed by atoms with Gasteiger partial charge >= 0.3 is 5.91 Å². The number of Topliss-reactive ketones (excluding diaryl/α,β-unsaturated/α-hetero) is 1. The van der Waals surface area contributed by atoms with Crippen LogP contribution >= 0.6 is 11.6 Å². The summed E-state index contributed by atoms with van der Waals surface area (Å²) in [5.41, 5.74) is 4.99. The van der Waals surface area contributed by atoms with Crippen molar-refractivity contribution in [1.82, 2.24) is 15.4 Å². The zero-order valence-corrected chi connectivity index (χ0v) is 12.0. The third-order valence-corrected chi connectivity index (χ3v) is 2.95. The van der Waals surface area contributed by atoms with E-state index >= 15 is 0 Å². The van der Waals surface area contributed by atoms with E-state index in [0.29, 0.717) is 5.52 Å². The summed E-state index contributed by atoms with van der Waals surface area (Å²) in [4.78, 5) is 40.7. The highest BCUT2D eigenvalue weighted by atomic mass is 35.5. The Balaban J connectivity index is 2.27. The van der Waals surface area contributed by atoms with Crippen LogP contribution in [0.15, 0.2) is 18.2 Å². The van der Waals surface area contributed by atoms with Crippen LogP contribution in [0.4, 0.5) is 11.5 Å². The highest BCUT2D eigenvalue weighted by Gasteiger charge is 2.14. The summed E-state index contributed by atoms with van der Waals surface area (Å²) in [6.07, 6.45) is 0.0638. The molecule has 0 aliphatic heterocycles. The molecule has 0 aliphatic carbocycles. The first kappa shape index (κ1) is 15.6. The molecular weight excluding hydrogens is 314 g/mol. The van der Waals surface area contributed by atoms with Crippen molar-refractivity contribution < 1.29 is 14.5 Å². The SMILES string of the molecule is CCC(=O)C(=O)NNc1nc2ccc([N+](=O)[O-])cc2nc1Cl. The van der Waals surface area contributed by atoms with Gasteiger partial charge in [-0.3, -0.25) is 30.6 Å². The molecule has 2 N–H and O–H groups in total. The van der Waals surface area contributed by atoms with Crippen molar-refractivity contribution >= 4 is 45.8 Å². The van der Waals surface area contributed by atoms with E-state index in [4.69, 9.17) is 11.6 Å². The maximum atomic E-state index is 11.4. The largest absolute Gasteiger partial charge is 0.305 e. The molecule has 1 aromatic heterocycles. The van der Waals surface area contributed by atoms with Crippen molar-refractivity contribution in [3.63, 3.8) is 0 Å². The molecule has 0 radical (unpaired) electrons. The maximum absolute atomic E-state index is 11.4. The van der Waals surface area contributed by atoms with Crippen LogP contribution in [0, 0.1) is 10.1 Å². The van der Waals surface area contributed by atoms with Crippen LogP contribution in [-0.2, 0) is 9.59 Å². The van der Waals surface area contributed by atoms with Gasteiger partial charge in [0.15, 0.2) is 11.0 Å². The second-order valence-electron chi connectivity index (χ2n) is 4.15. The number of nitrogens with one attached hydrogen (secondary N) is 2. The fourth-order valence-electron chi connectivity index (χ4n) is 1.56. The lowest BCUT2D eigenvalue weighted by Gasteiger charge is -2.08. The van der Waals surface area contributed by atoms with E-state index in [-0.39, 0.29) is 28.6 Å². The molecule has 2 rings (SSSR count). The number of nitro groups is 1. The van der Waals surface area contributed by atoms with Crippen LogP contribution in [0.25, 0.3) is 11.0 Å². The van der Waals surface area contributed by atoms with Crippen LogP contribution in [0.5, 0.6) is 0 Å². The van der Waals surface area contributed by atoms with E-state index in [9.17, 15) is 19.7 Å². The van der Waals surface area contributed by atoms with E-state index in [0.717, 1.165) is 0 Å². The Morgan fingerprint density at radius 1 is 1.32 bits per heavy atom. The van der Waals surface area contributed by atoms with Crippen LogP contribution in [-0.4, -0.2) is 26.6 Å². The summed E-state index contributed by atoms with van der Waals surface area (Å²) < 4.78 is 0. The number of aromatic nitrogens is 2. The Bertz CT molecular complexity index is 779. The van der Waals surface area contributed by atoms with Gasteiger partial charge in [-0.2, -0.15) is 0 Å². The first-order valence-electron chi connectivity index (χ1n) is 6.13. The number of non-ortho nitro benzene ring substituents is 1. The number of ketones is 1. The number of rotatable bonds is 5. The number of hydrogen-bond acceptors (Lipinski definition) is 7. The van der Waals surface area contributed by atoms with Gasteiger partial charge in [0, 0.05) is 18.6 Å². The number of hydrogen-bond donors (Lipinski definition) is 2. The lowest BCUT2D eigenvalue weighted by molar-refractivity contribution is -0.384. The zero-order chi connectivity index (χ0) is 16.3. The molecule has 22 heavy (non-hydrogen) atoms. The number of fused-ring (bicyclic) bond motifs is 1. The van der Waals surface area contributed by atoms with Crippen molar-refractivity contribution in [3.8, 4) is 0 Å². The summed E-state index contributed by atoms with van der Waals surface area (Å²) >= 11 is 5.89. The molecule has 2 aromatic rings. The lowest BCUT2D eigenvalue weighted by atomic mass is 10.2. The number of benzene rings is 1. The Labute approximate surface area is 128 Å². The minimum absolute atomic E-state index is 0.0280. The van der Waals surface area contributed by atoms with Gasteiger partial charge in [-0.15, -0.1) is 0 Å². The molecule has 0 aliphatic rings. The van der Waals surface area contributed by atoms with E-state index in [2.05, 4.69) is 20.8 Å². The average Bonchev–Trinajstić information content (AvgIpc) is 2.50. The molecule has 0 saturated carbocycles. The molecule has 0 fully saturated rings. The number of nitrogens with zero attached hydrogens (tertiary/aromatic N) is 3. The highest BCUT2D eigenvalue weighted by molar-refractivity contribution is 6.36. The van der Waals surface area contributed by atoms with E-state index in [1.165, 1.54) is 18.2 Å². The lowest BCUT2D eigenvalue weighted by Crippen LogP contribution is -2.35. The van der Waals surface area contributed by atoms with Crippen molar-refractivity contribution in [3.05, 3.63) is 33.5 Å². The minimum atomic E-state index is -0.829. The normalized spacial score (nSPS) is 10.3. The Morgan fingerprint density at radius 3 is 2.68 bits per heavy atom. The molecule has 0 bridgehead atoms. The summed E-state index contributed by atoms with van der Waals surface area (Å²) in [7, 11) is 0. The van der Waals surface area contributed by atoms with Crippen LogP contribution in [0.1, 0.15) is 13.3 Å². The van der Waals surface area contributed by atoms with Gasteiger partial charge in [0.25, 0.3) is 5.69 Å². The highest BCUT2D eigenvalue weighted by Crippen LogP contribution is 2.23. The molecule has 114 valence electrons. The Morgan fingerprint density at radius 2 is 2.05 bits per heavy atom. The number of anilines is 1. The van der Waals surface area contributed by atoms with Gasteiger partial charge in [-0.1, -0.05) is 18.5 Å². The molecular formula is C12H10ClN5O4. The molecule has 0 atom stereocenters. The third-order valence-electron chi connectivity index (χ3n) is 2.68. The third kappa shape index (κ3) is 3.26. The van der Waals surface area contributed by atoms with Crippen LogP contribution in [0.3, 0.4) is 0 Å². The van der Waals surface area contributed by atoms with Gasteiger partial charge in [0.05, 0.1) is 16.0 Å². The quantitative estimate of drug-likeness (QED) is 0.486. The number of carbonyl (C=O) groups is 2. The molecule has 0 spiro atoms. The molecule has 0 unspecified atom stereocenters. The van der Waals surface area contributed by atoms with Crippen LogP contribution in [0.2, 0.25) is 5.15 Å². The smallest absolute Gasteiger partial charge is 0.289 e. The molecule has 0 saturated heterocycles. The van der Waals surface area contributed by atoms with Crippen molar-refractivity contribution in [2.24, 2.45) is 0 Å². The van der Waals surface area contributed by atoms with Crippen molar-refractivity contribution in [1.29, 1.82) is 0 Å². The minimum Gasteiger partial charge on any atom is -0.289 e. The number of carbonyl (C=O) groups excluding carboxylic acids is 2. The van der Waals surface area contributed by atoms with Gasteiger partial charge in [0.2, 0.25) is 5.78 Å². The van der Waals surface area contributed by atoms with Crippen LogP contribution < -0.4 is 10.9 Å². The fraction of sp³-hybridized carbons (Fsp3) is 0.167. The first-order valence-corrected chi connectivity index (χ1v) is 6.51. The number of amides is 1. The summed E-state index contributed by atoms with van der Waals surface area (Å²) in [6, 6.07) is 3.91. The van der Waals surface area contributed by atoms with Gasteiger partial charge < -0.3 is 0 Å². The predicted octanol–water partition coefficient (Wildman–Crippen LogP) is 1.61. The summed E-state index contributed by atoms with van der Waals surface area (Å²) in [6.45, 7) is 1.55. The molecule has 1 heterocycles. The van der Waals surface area contributed by atoms with Gasteiger partial charge in [-0.25, -0.2) is 9.97 Å². The Hall–Kier alpha value is -2.81. The maximum Gasteiger partial charge on any atom is 0.305 e. The first-order chi connectivity index (χ1) is 10.4. The molecule has 10 heteroatoms. The van der Waals surface area contributed by atoms with E-state index < -0.39 is 16.6 Å². The van der Waals surface area contributed by atoms with E-state index in [1.54, 1.807) is 6.92 Å². The number of nitro benzene ring substituents is 1.